The van der Waals surface area contributed by atoms with Crippen LogP contribution in [0.25, 0.3) is 0 Å². The Labute approximate surface area is 60.8 Å². The lowest BCUT2D eigenvalue weighted by Gasteiger charge is -2.02. The summed E-state index contributed by atoms with van der Waals surface area (Å²) in [7, 11) is 1.84. The Bertz CT molecular complexity index is 174. The van der Waals surface area contributed by atoms with Crippen LogP contribution in [-0.2, 0) is 0 Å². The Hall–Kier alpha value is -1.02. The second-order valence-corrected chi connectivity index (χ2v) is 1.87. The zero-order chi connectivity index (χ0) is 7.23. The first-order chi connectivity index (χ1) is 4.93. The van der Waals surface area contributed by atoms with Gasteiger partial charge in [-0.05, 0) is 13.1 Å². The maximum Gasteiger partial charge on any atom is 0.139 e. The van der Waals surface area contributed by atoms with Crippen molar-refractivity contribution in [1.82, 2.24) is 5.32 Å². The minimum absolute atomic E-state index is 0.528. The van der Waals surface area contributed by atoms with Crippen molar-refractivity contribution >= 4 is 0 Å². The number of hydrogen-bond donors (Lipinski definition) is 1. The SMILES string of the molecule is CNCOc1[c]cccc1. The largest absolute Gasteiger partial charge is 0.478 e. The van der Waals surface area contributed by atoms with Crippen LogP contribution in [0.4, 0.5) is 0 Å². The van der Waals surface area contributed by atoms with E-state index in [0.717, 1.165) is 5.75 Å². The number of para-hydroxylation sites is 1. The molecular weight excluding hydrogens is 126 g/mol. The fraction of sp³-hybridized carbons (Fsp3) is 0.250. The molecule has 0 bridgehead atoms. The van der Waals surface area contributed by atoms with E-state index in [1.165, 1.54) is 0 Å². The van der Waals surface area contributed by atoms with Crippen LogP contribution >= 0.6 is 0 Å². The molecule has 1 radical (unpaired) electrons. The normalized spacial score (nSPS) is 9.30. The predicted octanol–water partition coefficient (Wildman–Crippen LogP) is 1.04. The van der Waals surface area contributed by atoms with E-state index < -0.39 is 0 Å². The Kier molecular flexibility index (Phi) is 2.77. The number of rotatable bonds is 3. The number of ether oxygens (including phenoxy) is 1. The van der Waals surface area contributed by atoms with Crippen molar-refractivity contribution in [2.24, 2.45) is 0 Å². The summed E-state index contributed by atoms with van der Waals surface area (Å²) >= 11 is 0. The van der Waals surface area contributed by atoms with Crippen LogP contribution < -0.4 is 10.1 Å². The van der Waals surface area contributed by atoms with Gasteiger partial charge in [0.05, 0.1) is 0 Å². The predicted molar refractivity (Wildman–Crippen MR) is 39.8 cm³/mol. The molecule has 0 aliphatic carbocycles. The summed E-state index contributed by atoms with van der Waals surface area (Å²) in [6.45, 7) is 0.528. The molecule has 0 aliphatic rings. The highest BCUT2D eigenvalue weighted by Crippen LogP contribution is 2.05. The second-order valence-electron chi connectivity index (χ2n) is 1.87. The second kappa shape index (κ2) is 3.90. The lowest BCUT2D eigenvalue weighted by molar-refractivity contribution is 0.295. The van der Waals surface area contributed by atoms with Crippen LogP contribution in [0.5, 0.6) is 5.75 Å². The van der Waals surface area contributed by atoms with E-state index in [1.807, 2.05) is 31.3 Å². The van der Waals surface area contributed by atoms with E-state index in [1.54, 1.807) is 0 Å². The first-order valence-electron chi connectivity index (χ1n) is 3.17. The van der Waals surface area contributed by atoms with E-state index in [4.69, 9.17) is 4.74 Å². The fourth-order valence-electron chi connectivity index (χ4n) is 0.617. The Morgan fingerprint density at radius 1 is 1.60 bits per heavy atom. The van der Waals surface area contributed by atoms with Crippen molar-refractivity contribution < 1.29 is 4.74 Å². The van der Waals surface area contributed by atoms with Gasteiger partial charge in [0.1, 0.15) is 12.5 Å². The average molecular weight is 136 g/mol. The van der Waals surface area contributed by atoms with Gasteiger partial charge in [-0.25, -0.2) is 0 Å². The first-order valence-corrected chi connectivity index (χ1v) is 3.17. The first kappa shape index (κ1) is 7.09. The van der Waals surface area contributed by atoms with Crippen LogP contribution in [0.15, 0.2) is 24.3 Å². The third kappa shape index (κ3) is 2.07. The van der Waals surface area contributed by atoms with E-state index in [-0.39, 0.29) is 0 Å². The maximum atomic E-state index is 5.19. The quantitative estimate of drug-likeness (QED) is 0.627. The molecule has 1 rings (SSSR count). The smallest absolute Gasteiger partial charge is 0.139 e. The molecule has 53 valence electrons. The van der Waals surface area contributed by atoms with Crippen molar-refractivity contribution in [2.75, 3.05) is 13.8 Å². The van der Waals surface area contributed by atoms with Crippen molar-refractivity contribution in [1.29, 1.82) is 0 Å². The molecule has 0 atom stereocenters. The third-order valence-corrected chi connectivity index (χ3v) is 1.05. The standard InChI is InChI=1S/C8H10NO/c1-9-7-10-8-5-3-2-4-6-8/h2-5,9H,7H2,1H3. The van der Waals surface area contributed by atoms with Crippen molar-refractivity contribution in [3.63, 3.8) is 0 Å². The average Bonchev–Trinajstić information content (AvgIpc) is 2.03. The van der Waals surface area contributed by atoms with E-state index in [0.29, 0.717) is 6.73 Å². The molecule has 1 aromatic rings. The summed E-state index contributed by atoms with van der Waals surface area (Å²) in [4.78, 5) is 0. The molecule has 0 saturated carbocycles. The van der Waals surface area contributed by atoms with Gasteiger partial charge >= 0.3 is 0 Å². The highest BCUT2D eigenvalue weighted by Gasteiger charge is 1.86. The zero-order valence-electron chi connectivity index (χ0n) is 5.92. The molecule has 0 heterocycles. The molecular formula is C8H10NO. The summed E-state index contributed by atoms with van der Waals surface area (Å²) in [6, 6.07) is 10.5. The minimum Gasteiger partial charge on any atom is -0.478 e. The van der Waals surface area contributed by atoms with Crippen LogP contribution in [0, 0.1) is 6.07 Å². The van der Waals surface area contributed by atoms with Gasteiger partial charge in [0.25, 0.3) is 0 Å². The third-order valence-electron chi connectivity index (χ3n) is 1.05. The number of benzene rings is 1. The molecule has 0 spiro atoms. The summed E-state index contributed by atoms with van der Waals surface area (Å²) in [5.41, 5.74) is 0. The summed E-state index contributed by atoms with van der Waals surface area (Å²) in [5, 5.41) is 2.87. The van der Waals surface area contributed by atoms with Gasteiger partial charge in [-0.3, -0.25) is 5.32 Å². The van der Waals surface area contributed by atoms with E-state index >= 15 is 0 Å². The molecule has 0 fully saturated rings. The van der Waals surface area contributed by atoms with Crippen molar-refractivity contribution in [3.05, 3.63) is 30.3 Å². The molecule has 2 heteroatoms. The lowest BCUT2D eigenvalue weighted by atomic mass is 10.3. The van der Waals surface area contributed by atoms with Crippen LogP contribution in [-0.4, -0.2) is 13.8 Å². The number of nitrogens with one attached hydrogen (secondary N) is 1. The zero-order valence-corrected chi connectivity index (χ0v) is 5.92. The van der Waals surface area contributed by atoms with Crippen molar-refractivity contribution in [2.45, 2.75) is 0 Å². The molecule has 0 aromatic heterocycles. The highest BCUT2D eigenvalue weighted by atomic mass is 16.5. The van der Waals surface area contributed by atoms with Crippen molar-refractivity contribution in [3.8, 4) is 5.75 Å². The van der Waals surface area contributed by atoms with Gasteiger partial charge in [0.15, 0.2) is 0 Å². The number of hydrogen-bond acceptors (Lipinski definition) is 2. The molecule has 1 aromatic carbocycles. The molecule has 2 nitrogen and oxygen atoms in total. The molecule has 1 N–H and O–H groups in total. The molecule has 0 aliphatic heterocycles. The fourth-order valence-corrected chi connectivity index (χ4v) is 0.617. The van der Waals surface area contributed by atoms with Crippen LogP contribution in [0.3, 0.4) is 0 Å². The van der Waals surface area contributed by atoms with Gasteiger partial charge in [-0.2, -0.15) is 0 Å². The Morgan fingerprint density at radius 3 is 3.10 bits per heavy atom. The summed E-state index contributed by atoms with van der Waals surface area (Å²) < 4.78 is 5.19. The molecule has 10 heavy (non-hydrogen) atoms. The molecule has 0 amide bonds. The molecule has 0 saturated heterocycles. The van der Waals surface area contributed by atoms with E-state index in [2.05, 4.69) is 11.4 Å². The van der Waals surface area contributed by atoms with Crippen LogP contribution in [0.2, 0.25) is 0 Å². The summed E-state index contributed by atoms with van der Waals surface area (Å²) in [5.74, 6) is 0.775. The van der Waals surface area contributed by atoms with Gasteiger partial charge < -0.3 is 4.74 Å². The van der Waals surface area contributed by atoms with Gasteiger partial charge in [0.2, 0.25) is 0 Å². The monoisotopic (exact) mass is 136 g/mol. The highest BCUT2D eigenvalue weighted by molar-refractivity contribution is 5.18. The van der Waals surface area contributed by atoms with Crippen LogP contribution in [0.1, 0.15) is 0 Å². The van der Waals surface area contributed by atoms with E-state index in [9.17, 15) is 0 Å². The minimum atomic E-state index is 0.528. The Balaban J connectivity index is 2.43. The maximum absolute atomic E-state index is 5.19. The molecule has 0 unspecified atom stereocenters. The lowest BCUT2D eigenvalue weighted by Crippen LogP contribution is -2.13. The van der Waals surface area contributed by atoms with Gasteiger partial charge in [-0.1, -0.05) is 18.2 Å². The Morgan fingerprint density at radius 2 is 2.50 bits per heavy atom. The van der Waals surface area contributed by atoms with Gasteiger partial charge in [-0.15, -0.1) is 0 Å². The summed E-state index contributed by atoms with van der Waals surface area (Å²) in [6.07, 6.45) is 0. The van der Waals surface area contributed by atoms with Gasteiger partial charge in [0, 0.05) is 6.07 Å². The topological polar surface area (TPSA) is 21.3 Å².